The Labute approximate surface area is 242 Å². The van der Waals surface area contributed by atoms with Crippen LogP contribution in [0.1, 0.15) is 44.2 Å². The number of amides is 1. The molecule has 3 aromatic carbocycles. The quantitative estimate of drug-likeness (QED) is 0.287. The maximum atomic E-state index is 15.7. The summed E-state index contributed by atoms with van der Waals surface area (Å²) in [6.07, 6.45) is 2.32. The van der Waals surface area contributed by atoms with Crippen molar-refractivity contribution < 1.29 is 13.6 Å². The minimum absolute atomic E-state index is 0.0419. The van der Waals surface area contributed by atoms with Gasteiger partial charge >= 0.3 is 0 Å². The molecular weight excluding hydrogens is 559 g/mol. The van der Waals surface area contributed by atoms with Gasteiger partial charge in [0.05, 0.1) is 17.1 Å². The molecule has 204 valence electrons. The lowest BCUT2D eigenvalue weighted by molar-refractivity contribution is -0.118. The van der Waals surface area contributed by atoms with Gasteiger partial charge in [0.1, 0.15) is 17.0 Å². The average Bonchev–Trinajstić information content (AvgIpc) is 3.18. The topological polar surface area (TPSA) is 64.9 Å². The van der Waals surface area contributed by atoms with Crippen molar-refractivity contribution in [3.05, 3.63) is 93.5 Å². The molecule has 39 heavy (non-hydrogen) atoms. The molecule has 0 spiro atoms. The molecule has 9 heteroatoms. The molecular formula is C30H29Cl2F2N3OS. The number of rotatable bonds is 6. The molecule has 0 aliphatic carbocycles. The van der Waals surface area contributed by atoms with Crippen molar-refractivity contribution in [2.24, 2.45) is 5.41 Å². The highest BCUT2D eigenvalue weighted by molar-refractivity contribution is 7.98. The van der Waals surface area contributed by atoms with Crippen LogP contribution in [0.3, 0.4) is 0 Å². The van der Waals surface area contributed by atoms with Crippen LogP contribution in [0, 0.1) is 28.4 Å². The van der Waals surface area contributed by atoms with Gasteiger partial charge in [-0.25, -0.2) is 8.78 Å². The summed E-state index contributed by atoms with van der Waals surface area (Å²) in [5.41, 5.74) is -1.34. The number of nitriles is 1. The Morgan fingerprint density at radius 3 is 2.49 bits per heavy atom. The normalized spacial score (nSPS) is 22.9. The molecule has 4 atom stereocenters. The van der Waals surface area contributed by atoms with E-state index in [0.717, 1.165) is 11.0 Å². The van der Waals surface area contributed by atoms with Crippen LogP contribution in [0.25, 0.3) is 0 Å². The number of thioether (sulfide) groups is 1. The molecule has 1 heterocycles. The van der Waals surface area contributed by atoms with Gasteiger partial charge in [-0.1, -0.05) is 68.2 Å². The van der Waals surface area contributed by atoms with Gasteiger partial charge in [-0.05, 0) is 60.1 Å². The van der Waals surface area contributed by atoms with Crippen molar-refractivity contribution in [1.82, 2.24) is 5.32 Å². The first kappa shape index (κ1) is 29.4. The predicted octanol–water partition coefficient (Wildman–Crippen LogP) is 7.95. The Bertz CT molecular complexity index is 1440. The molecule has 4 rings (SSSR count). The van der Waals surface area contributed by atoms with Gasteiger partial charge in [-0.3, -0.25) is 4.79 Å². The lowest BCUT2D eigenvalue weighted by Gasteiger charge is -2.37. The van der Waals surface area contributed by atoms with Crippen LogP contribution in [-0.2, 0) is 10.2 Å². The fraction of sp³-hybridized carbons (Fsp3) is 0.333. The number of hydrogen-bond acceptors (Lipinski definition) is 4. The fourth-order valence-electron chi connectivity index (χ4n) is 5.48. The van der Waals surface area contributed by atoms with Crippen molar-refractivity contribution in [2.75, 3.05) is 11.6 Å². The highest BCUT2D eigenvalue weighted by Crippen LogP contribution is 2.52. The van der Waals surface area contributed by atoms with E-state index < -0.39 is 41.0 Å². The molecule has 1 fully saturated rings. The van der Waals surface area contributed by atoms with Crippen LogP contribution >= 0.6 is 35.0 Å². The second-order valence-corrected chi connectivity index (χ2v) is 12.6. The van der Waals surface area contributed by atoms with E-state index in [1.165, 1.54) is 36.0 Å². The Morgan fingerprint density at radius 2 is 1.85 bits per heavy atom. The summed E-state index contributed by atoms with van der Waals surface area (Å²) in [6.45, 7) is 5.97. The number of halogens is 4. The molecule has 3 aromatic rings. The summed E-state index contributed by atoms with van der Waals surface area (Å²) in [7, 11) is 0. The molecule has 1 saturated heterocycles. The molecule has 2 N–H and O–H groups in total. The van der Waals surface area contributed by atoms with Crippen molar-refractivity contribution in [3.8, 4) is 6.07 Å². The van der Waals surface area contributed by atoms with E-state index in [-0.39, 0.29) is 26.6 Å². The Morgan fingerprint density at radius 1 is 1.13 bits per heavy atom. The molecule has 4 nitrogen and oxygen atoms in total. The minimum atomic E-state index is -1.67. The van der Waals surface area contributed by atoms with Crippen molar-refractivity contribution >= 4 is 46.6 Å². The van der Waals surface area contributed by atoms with Crippen LogP contribution in [0.2, 0.25) is 10.0 Å². The maximum Gasteiger partial charge on any atom is 0.242 e. The molecule has 1 amide bonds. The zero-order valence-electron chi connectivity index (χ0n) is 22.0. The number of carbonyl (C=O) groups is 1. The van der Waals surface area contributed by atoms with E-state index in [9.17, 15) is 10.1 Å². The molecule has 0 bridgehead atoms. The molecule has 0 aromatic heterocycles. The van der Waals surface area contributed by atoms with Crippen molar-refractivity contribution in [2.45, 2.75) is 55.5 Å². The van der Waals surface area contributed by atoms with Gasteiger partial charge in [0, 0.05) is 33.1 Å². The lowest BCUT2D eigenvalue weighted by atomic mass is 9.62. The van der Waals surface area contributed by atoms with E-state index in [4.69, 9.17) is 23.2 Å². The third-order valence-corrected chi connectivity index (χ3v) is 8.32. The summed E-state index contributed by atoms with van der Waals surface area (Å²) < 4.78 is 31.4. The highest BCUT2D eigenvalue weighted by Gasteiger charge is 2.61. The zero-order valence-corrected chi connectivity index (χ0v) is 24.3. The largest absolute Gasteiger partial charge is 0.325 e. The molecule has 0 saturated carbocycles. The Balaban J connectivity index is 1.95. The van der Waals surface area contributed by atoms with Crippen LogP contribution < -0.4 is 10.6 Å². The summed E-state index contributed by atoms with van der Waals surface area (Å²) in [6, 6.07) is 16.4. The van der Waals surface area contributed by atoms with Gasteiger partial charge in [-0.2, -0.15) is 5.26 Å². The number of benzene rings is 3. The second-order valence-electron chi connectivity index (χ2n) is 10.9. The van der Waals surface area contributed by atoms with Gasteiger partial charge in [-0.15, -0.1) is 11.8 Å². The second kappa shape index (κ2) is 11.5. The first-order chi connectivity index (χ1) is 18.4. The van der Waals surface area contributed by atoms with Crippen LogP contribution in [-0.4, -0.2) is 24.2 Å². The lowest BCUT2D eigenvalue weighted by Crippen LogP contribution is -2.45. The number of anilines is 1. The minimum Gasteiger partial charge on any atom is -0.325 e. The third-order valence-electron chi connectivity index (χ3n) is 7.07. The predicted molar refractivity (Wildman–Crippen MR) is 154 cm³/mol. The van der Waals surface area contributed by atoms with Gasteiger partial charge < -0.3 is 10.6 Å². The van der Waals surface area contributed by atoms with Gasteiger partial charge in [0.15, 0.2) is 0 Å². The molecule has 0 radical (unpaired) electrons. The first-order valence-corrected chi connectivity index (χ1v) is 14.4. The average molecular weight is 589 g/mol. The van der Waals surface area contributed by atoms with E-state index in [0.29, 0.717) is 12.1 Å². The van der Waals surface area contributed by atoms with Gasteiger partial charge in [0.2, 0.25) is 5.91 Å². The van der Waals surface area contributed by atoms with E-state index >= 15 is 8.78 Å². The maximum absolute atomic E-state index is 15.7. The third kappa shape index (κ3) is 5.81. The smallest absolute Gasteiger partial charge is 0.242 e. The van der Waals surface area contributed by atoms with Crippen molar-refractivity contribution in [3.63, 3.8) is 0 Å². The SMILES string of the molecule is CSc1cccc(NC(=O)[C@@H]2N[C@@H](CC(C)(C)C)[C@](C#N)(c3ccc(Cl)cc3F)[C@H]2c2cccc(Cl)c2F)c1. The van der Waals surface area contributed by atoms with Crippen LogP contribution in [0.4, 0.5) is 14.5 Å². The first-order valence-electron chi connectivity index (χ1n) is 12.4. The number of nitrogens with zero attached hydrogens (tertiary/aromatic N) is 1. The number of nitrogens with one attached hydrogen (secondary N) is 2. The van der Waals surface area contributed by atoms with Crippen LogP contribution in [0.5, 0.6) is 0 Å². The van der Waals surface area contributed by atoms with Crippen molar-refractivity contribution in [1.29, 1.82) is 5.26 Å². The monoisotopic (exact) mass is 587 g/mol. The highest BCUT2D eigenvalue weighted by atomic mass is 35.5. The summed E-state index contributed by atoms with van der Waals surface area (Å²) in [4.78, 5) is 14.9. The summed E-state index contributed by atoms with van der Waals surface area (Å²) in [5, 5.41) is 17.2. The molecule has 1 aliphatic rings. The Hall–Kier alpha value is -2.63. The van der Waals surface area contributed by atoms with E-state index in [1.54, 1.807) is 12.1 Å². The zero-order chi connectivity index (χ0) is 28.5. The van der Waals surface area contributed by atoms with Gasteiger partial charge in [0.25, 0.3) is 0 Å². The van der Waals surface area contributed by atoms with E-state index in [2.05, 4.69) is 16.7 Å². The van der Waals surface area contributed by atoms with Crippen LogP contribution in [0.15, 0.2) is 65.6 Å². The number of carbonyl (C=O) groups excluding carboxylic acids is 1. The molecule has 0 unspecified atom stereocenters. The fourth-order valence-corrected chi connectivity index (χ4v) is 6.28. The summed E-state index contributed by atoms with van der Waals surface area (Å²) in [5.74, 6) is -3.04. The molecule has 1 aliphatic heterocycles. The standard InChI is InChI=1S/C30H29Cl2F2N3OS/c1-29(2,3)15-24-30(16-35,21-12-11-17(31)13-23(21)33)25(20-9-6-10-22(32)26(20)34)27(37-24)28(38)36-18-7-5-8-19(14-18)39-4/h5-14,24-25,27,37H,15H2,1-4H3,(H,36,38)/t24-,25-,27+,30-/m0/s1. The van der Waals surface area contributed by atoms with E-state index in [1.807, 2.05) is 45.2 Å². The summed E-state index contributed by atoms with van der Waals surface area (Å²) >= 11 is 13.8. The Kier molecular flexibility index (Phi) is 8.63. The number of hydrogen-bond donors (Lipinski definition) is 2.